The lowest BCUT2D eigenvalue weighted by atomic mass is 9.94. The summed E-state index contributed by atoms with van der Waals surface area (Å²) in [6.45, 7) is 2.98. The molecule has 2 atom stereocenters. The lowest BCUT2D eigenvalue weighted by Gasteiger charge is -2.32. The highest BCUT2D eigenvalue weighted by atomic mass is 16.2. The van der Waals surface area contributed by atoms with Crippen molar-refractivity contribution >= 4 is 6.03 Å². The van der Waals surface area contributed by atoms with E-state index in [1.165, 1.54) is 29.7 Å². The van der Waals surface area contributed by atoms with Crippen molar-refractivity contribution in [3.63, 3.8) is 0 Å². The maximum atomic E-state index is 13.0. The van der Waals surface area contributed by atoms with Crippen LogP contribution in [0.3, 0.4) is 0 Å². The van der Waals surface area contributed by atoms with E-state index in [4.69, 9.17) is 0 Å². The van der Waals surface area contributed by atoms with Crippen molar-refractivity contribution in [3.8, 4) is 0 Å². The van der Waals surface area contributed by atoms with Crippen LogP contribution in [0, 0.1) is 5.92 Å². The minimum atomic E-state index is 0.0696. The van der Waals surface area contributed by atoms with E-state index in [1.807, 2.05) is 29.3 Å². The van der Waals surface area contributed by atoms with E-state index in [9.17, 15) is 4.79 Å². The Kier molecular flexibility index (Phi) is 4.47. The smallest absolute Gasteiger partial charge is 0.318 e. The molecule has 2 aliphatic rings. The monoisotopic (exact) mass is 338 g/mol. The van der Waals surface area contributed by atoms with Crippen LogP contribution in [0.15, 0.2) is 36.5 Å². The number of H-pyrrole nitrogens is 1. The Morgan fingerprint density at radius 1 is 1.32 bits per heavy atom. The van der Waals surface area contributed by atoms with Gasteiger partial charge in [-0.3, -0.25) is 5.10 Å². The molecule has 4 rings (SSSR count). The number of carbonyl (C=O) groups excluding carboxylic acids is 1. The third-order valence-corrected chi connectivity index (χ3v) is 5.51. The zero-order valence-electron chi connectivity index (χ0n) is 14.7. The Hall–Kier alpha value is -2.30. The number of benzene rings is 1. The second kappa shape index (κ2) is 6.90. The van der Waals surface area contributed by atoms with Crippen LogP contribution in [0.25, 0.3) is 0 Å². The van der Waals surface area contributed by atoms with E-state index in [0.717, 1.165) is 25.8 Å². The SMILES string of the molecule is C[C@@H](c1ccccc1)N(CC1CC1)C(=O)N[C@@H]1CCc2[nH]ncc2C1. The van der Waals surface area contributed by atoms with Gasteiger partial charge >= 0.3 is 6.03 Å². The maximum Gasteiger partial charge on any atom is 0.318 e. The molecule has 1 saturated carbocycles. The first-order chi connectivity index (χ1) is 12.2. The molecule has 0 spiro atoms. The van der Waals surface area contributed by atoms with Gasteiger partial charge in [0.2, 0.25) is 0 Å². The highest BCUT2D eigenvalue weighted by Gasteiger charge is 2.31. The Morgan fingerprint density at radius 2 is 2.12 bits per heavy atom. The Balaban J connectivity index is 1.44. The molecule has 2 N–H and O–H groups in total. The zero-order valence-corrected chi connectivity index (χ0v) is 14.7. The first-order valence-corrected chi connectivity index (χ1v) is 9.34. The van der Waals surface area contributed by atoms with Gasteiger partial charge in [0.25, 0.3) is 0 Å². The maximum absolute atomic E-state index is 13.0. The molecular weight excluding hydrogens is 312 g/mol. The Morgan fingerprint density at radius 3 is 2.88 bits per heavy atom. The van der Waals surface area contributed by atoms with Crippen molar-refractivity contribution in [2.75, 3.05) is 6.54 Å². The van der Waals surface area contributed by atoms with Gasteiger partial charge < -0.3 is 10.2 Å². The van der Waals surface area contributed by atoms with Gasteiger partial charge in [0, 0.05) is 18.3 Å². The largest absolute Gasteiger partial charge is 0.335 e. The van der Waals surface area contributed by atoms with E-state index < -0.39 is 0 Å². The van der Waals surface area contributed by atoms with Gasteiger partial charge in [-0.05, 0) is 56.1 Å². The van der Waals surface area contributed by atoms with Crippen LogP contribution in [0.4, 0.5) is 4.79 Å². The molecule has 2 aromatic rings. The van der Waals surface area contributed by atoms with Gasteiger partial charge in [-0.1, -0.05) is 30.3 Å². The lowest BCUT2D eigenvalue weighted by molar-refractivity contribution is 0.171. The number of aryl methyl sites for hydroxylation is 1. The number of hydrogen-bond donors (Lipinski definition) is 2. The molecule has 0 unspecified atom stereocenters. The molecule has 132 valence electrons. The average molecular weight is 338 g/mol. The fraction of sp³-hybridized carbons (Fsp3) is 0.500. The van der Waals surface area contributed by atoms with Crippen LogP contribution in [0.1, 0.15) is 49.0 Å². The van der Waals surface area contributed by atoms with Gasteiger partial charge in [-0.2, -0.15) is 5.10 Å². The lowest BCUT2D eigenvalue weighted by Crippen LogP contribution is -2.48. The summed E-state index contributed by atoms with van der Waals surface area (Å²) < 4.78 is 0. The third-order valence-electron chi connectivity index (χ3n) is 5.51. The fourth-order valence-electron chi connectivity index (χ4n) is 3.70. The number of urea groups is 1. The molecule has 1 aromatic carbocycles. The standard InChI is InChI=1S/C20H26N4O/c1-14(16-5-3-2-4-6-16)24(13-15-7-8-15)20(25)22-18-9-10-19-17(11-18)12-21-23-19/h2-6,12,14-15,18H,7-11,13H2,1H3,(H,21,23)(H,22,25)/t14-,18+/m0/s1. The van der Waals surface area contributed by atoms with E-state index >= 15 is 0 Å². The van der Waals surface area contributed by atoms with E-state index in [-0.39, 0.29) is 18.1 Å². The summed E-state index contributed by atoms with van der Waals surface area (Å²) in [5, 5.41) is 10.5. The summed E-state index contributed by atoms with van der Waals surface area (Å²) in [6.07, 6.45) is 7.17. The molecule has 1 heterocycles. The first kappa shape index (κ1) is 16.2. The van der Waals surface area contributed by atoms with Crippen molar-refractivity contribution in [2.45, 2.75) is 51.1 Å². The van der Waals surface area contributed by atoms with Crippen molar-refractivity contribution in [1.82, 2.24) is 20.4 Å². The van der Waals surface area contributed by atoms with Crippen LogP contribution in [-0.4, -0.2) is 33.7 Å². The summed E-state index contributed by atoms with van der Waals surface area (Å²) in [7, 11) is 0. The first-order valence-electron chi connectivity index (χ1n) is 9.34. The van der Waals surface area contributed by atoms with Crippen LogP contribution in [0.5, 0.6) is 0 Å². The predicted octanol–water partition coefficient (Wildman–Crippen LogP) is 3.45. The number of fused-ring (bicyclic) bond motifs is 1. The van der Waals surface area contributed by atoms with Crippen molar-refractivity contribution in [2.24, 2.45) is 5.92 Å². The third kappa shape index (κ3) is 3.70. The van der Waals surface area contributed by atoms with Crippen molar-refractivity contribution < 1.29 is 4.79 Å². The molecule has 2 amide bonds. The molecule has 0 radical (unpaired) electrons. The van der Waals surface area contributed by atoms with Gasteiger partial charge in [-0.15, -0.1) is 0 Å². The summed E-state index contributed by atoms with van der Waals surface area (Å²) in [5.74, 6) is 0.670. The minimum absolute atomic E-state index is 0.0696. The molecule has 2 aliphatic carbocycles. The minimum Gasteiger partial charge on any atom is -0.335 e. The van der Waals surface area contributed by atoms with Gasteiger partial charge in [0.1, 0.15) is 0 Å². The quantitative estimate of drug-likeness (QED) is 0.877. The fourth-order valence-corrected chi connectivity index (χ4v) is 3.70. The van der Waals surface area contributed by atoms with E-state index in [2.05, 4.69) is 34.6 Å². The number of amides is 2. The number of nitrogens with zero attached hydrogens (tertiary/aromatic N) is 2. The van der Waals surface area contributed by atoms with Gasteiger partial charge in [-0.25, -0.2) is 4.79 Å². The second-order valence-corrected chi connectivity index (χ2v) is 7.45. The van der Waals surface area contributed by atoms with Crippen LogP contribution in [-0.2, 0) is 12.8 Å². The van der Waals surface area contributed by atoms with Crippen molar-refractivity contribution in [3.05, 3.63) is 53.3 Å². The topological polar surface area (TPSA) is 61.0 Å². The molecule has 0 bridgehead atoms. The number of hydrogen-bond acceptors (Lipinski definition) is 2. The number of carbonyl (C=O) groups is 1. The number of nitrogens with one attached hydrogen (secondary N) is 2. The van der Waals surface area contributed by atoms with Gasteiger partial charge in [0.05, 0.1) is 12.2 Å². The Bertz CT molecular complexity index is 722. The Labute approximate surface area is 148 Å². The van der Waals surface area contributed by atoms with E-state index in [1.54, 1.807) is 0 Å². The molecule has 1 aromatic heterocycles. The normalized spacial score (nSPS) is 20.6. The van der Waals surface area contributed by atoms with Crippen LogP contribution in [0.2, 0.25) is 0 Å². The highest BCUT2D eigenvalue weighted by Crippen LogP contribution is 2.33. The molecular formula is C20H26N4O. The summed E-state index contributed by atoms with van der Waals surface area (Å²) in [5.41, 5.74) is 3.65. The molecule has 25 heavy (non-hydrogen) atoms. The highest BCUT2D eigenvalue weighted by molar-refractivity contribution is 5.75. The number of aromatic nitrogens is 2. The zero-order chi connectivity index (χ0) is 17.2. The van der Waals surface area contributed by atoms with E-state index in [0.29, 0.717) is 5.92 Å². The molecule has 0 saturated heterocycles. The molecule has 5 heteroatoms. The molecule has 5 nitrogen and oxygen atoms in total. The van der Waals surface area contributed by atoms with Gasteiger partial charge in [0.15, 0.2) is 0 Å². The van der Waals surface area contributed by atoms with Crippen LogP contribution < -0.4 is 5.32 Å². The summed E-state index contributed by atoms with van der Waals surface area (Å²) >= 11 is 0. The average Bonchev–Trinajstić information content (AvgIpc) is 3.34. The summed E-state index contributed by atoms with van der Waals surface area (Å²) in [6, 6.07) is 10.7. The molecule has 1 fully saturated rings. The second-order valence-electron chi connectivity index (χ2n) is 7.45. The number of aromatic amines is 1. The predicted molar refractivity (Wildman–Crippen MR) is 97.2 cm³/mol. The van der Waals surface area contributed by atoms with Crippen molar-refractivity contribution in [1.29, 1.82) is 0 Å². The van der Waals surface area contributed by atoms with Crippen LogP contribution >= 0.6 is 0 Å². The number of rotatable bonds is 5. The summed E-state index contributed by atoms with van der Waals surface area (Å²) in [4.78, 5) is 15.1. The molecule has 0 aliphatic heterocycles.